The van der Waals surface area contributed by atoms with Crippen LogP contribution in [0.15, 0.2) is 30.7 Å². The van der Waals surface area contributed by atoms with E-state index in [2.05, 4.69) is 9.97 Å². The summed E-state index contributed by atoms with van der Waals surface area (Å²) in [5.41, 5.74) is -0.126. The maximum atomic E-state index is 13.6. The van der Waals surface area contributed by atoms with Crippen molar-refractivity contribution in [2.24, 2.45) is 0 Å². The van der Waals surface area contributed by atoms with Crippen LogP contribution in [0.3, 0.4) is 0 Å². The van der Waals surface area contributed by atoms with E-state index >= 15 is 0 Å². The molecule has 6 heteroatoms. The van der Waals surface area contributed by atoms with Crippen molar-refractivity contribution in [3.05, 3.63) is 47.1 Å². The molecule has 2 rings (SSSR count). The predicted octanol–water partition coefficient (Wildman–Crippen LogP) is 2.63. The SMILES string of the molecule is O=C(O)c1cncnc1-c1cc(Cl)ccc1F. The molecule has 0 amide bonds. The van der Waals surface area contributed by atoms with Crippen LogP contribution < -0.4 is 0 Å². The fourth-order valence-corrected chi connectivity index (χ4v) is 1.55. The second kappa shape index (κ2) is 4.47. The standard InChI is InChI=1S/C11H6ClFN2O2/c12-6-1-2-9(13)7(3-6)10-8(11(16)17)4-14-5-15-10/h1-5H,(H,16,17). The van der Waals surface area contributed by atoms with E-state index in [0.29, 0.717) is 5.02 Å². The molecular weight excluding hydrogens is 247 g/mol. The summed E-state index contributed by atoms with van der Waals surface area (Å²) < 4.78 is 13.6. The van der Waals surface area contributed by atoms with Gasteiger partial charge in [0, 0.05) is 16.8 Å². The molecule has 17 heavy (non-hydrogen) atoms. The van der Waals surface area contributed by atoms with Gasteiger partial charge in [-0.25, -0.2) is 19.2 Å². The Labute approximate surface area is 101 Å². The van der Waals surface area contributed by atoms with Crippen LogP contribution in [0, 0.1) is 5.82 Å². The number of rotatable bonds is 2. The number of nitrogens with zero attached hydrogens (tertiary/aromatic N) is 2. The largest absolute Gasteiger partial charge is 0.478 e. The number of hydrogen-bond donors (Lipinski definition) is 1. The summed E-state index contributed by atoms with van der Waals surface area (Å²) in [4.78, 5) is 18.3. The fraction of sp³-hybridized carbons (Fsp3) is 0. The number of aromatic nitrogens is 2. The predicted molar refractivity (Wildman–Crippen MR) is 59.4 cm³/mol. The maximum absolute atomic E-state index is 13.6. The molecule has 0 radical (unpaired) electrons. The summed E-state index contributed by atoms with van der Waals surface area (Å²) in [6.45, 7) is 0. The summed E-state index contributed by atoms with van der Waals surface area (Å²) in [6.07, 6.45) is 2.27. The smallest absolute Gasteiger partial charge is 0.339 e. The van der Waals surface area contributed by atoms with E-state index in [9.17, 15) is 9.18 Å². The second-order valence-corrected chi connectivity index (χ2v) is 3.65. The first-order valence-corrected chi connectivity index (χ1v) is 4.96. The zero-order chi connectivity index (χ0) is 12.4. The minimum absolute atomic E-state index is 0.00694. The van der Waals surface area contributed by atoms with Crippen LogP contribution in [0.4, 0.5) is 4.39 Å². The summed E-state index contributed by atoms with van der Waals surface area (Å²) >= 11 is 5.74. The Hall–Kier alpha value is -2.01. The van der Waals surface area contributed by atoms with E-state index in [4.69, 9.17) is 16.7 Å². The van der Waals surface area contributed by atoms with Gasteiger partial charge in [0.1, 0.15) is 17.7 Å². The van der Waals surface area contributed by atoms with Gasteiger partial charge in [-0.1, -0.05) is 11.6 Å². The van der Waals surface area contributed by atoms with Crippen molar-refractivity contribution in [3.63, 3.8) is 0 Å². The summed E-state index contributed by atoms with van der Waals surface area (Å²) in [5.74, 6) is -1.81. The Morgan fingerprint density at radius 1 is 1.41 bits per heavy atom. The van der Waals surface area contributed by atoms with Crippen LogP contribution in [0.1, 0.15) is 10.4 Å². The summed E-state index contributed by atoms with van der Waals surface area (Å²) in [5, 5.41) is 9.25. The highest BCUT2D eigenvalue weighted by atomic mass is 35.5. The molecule has 1 aromatic heterocycles. The summed E-state index contributed by atoms with van der Waals surface area (Å²) in [6, 6.07) is 3.86. The molecule has 0 aliphatic rings. The van der Waals surface area contributed by atoms with Crippen molar-refractivity contribution in [1.29, 1.82) is 0 Å². The third-order valence-corrected chi connectivity index (χ3v) is 2.36. The monoisotopic (exact) mass is 252 g/mol. The van der Waals surface area contributed by atoms with Gasteiger partial charge in [-0.2, -0.15) is 0 Å². The first-order valence-electron chi connectivity index (χ1n) is 4.58. The van der Waals surface area contributed by atoms with Gasteiger partial charge < -0.3 is 5.11 Å². The number of aromatic carboxylic acids is 1. The zero-order valence-electron chi connectivity index (χ0n) is 8.39. The lowest BCUT2D eigenvalue weighted by Crippen LogP contribution is -2.03. The van der Waals surface area contributed by atoms with E-state index in [1.165, 1.54) is 12.1 Å². The van der Waals surface area contributed by atoms with Gasteiger partial charge in [0.05, 0.1) is 5.69 Å². The molecule has 0 bridgehead atoms. The minimum Gasteiger partial charge on any atom is -0.478 e. The average Bonchev–Trinajstić information content (AvgIpc) is 2.32. The van der Waals surface area contributed by atoms with Crippen LogP contribution in [0.2, 0.25) is 5.02 Å². The molecule has 4 nitrogen and oxygen atoms in total. The molecule has 0 spiro atoms. The van der Waals surface area contributed by atoms with Crippen LogP contribution in [-0.4, -0.2) is 21.0 Å². The van der Waals surface area contributed by atoms with Gasteiger partial charge in [-0.05, 0) is 18.2 Å². The van der Waals surface area contributed by atoms with E-state index in [0.717, 1.165) is 18.6 Å². The van der Waals surface area contributed by atoms with E-state index < -0.39 is 11.8 Å². The number of hydrogen-bond acceptors (Lipinski definition) is 3. The minimum atomic E-state index is -1.22. The van der Waals surface area contributed by atoms with Crippen LogP contribution in [0.25, 0.3) is 11.3 Å². The highest BCUT2D eigenvalue weighted by Crippen LogP contribution is 2.26. The molecule has 0 saturated heterocycles. The van der Waals surface area contributed by atoms with Gasteiger partial charge in [-0.15, -0.1) is 0 Å². The summed E-state index contributed by atoms with van der Waals surface area (Å²) in [7, 11) is 0. The molecule has 0 aliphatic carbocycles. The lowest BCUT2D eigenvalue weighted by molar-refractivity contribution is 0.0697. The third kappa shape index (κ3) is 2.24. The molecule has 0 fully saturated rings. The highest BCUT2D eigenvalue weighted by molar-refractivity contribution is 6.30. The van der Waals surface area contributed by atoms with Crippen molar-refractivity contribution < 1.29 is 14.3 Å². The molecule has 1 heterocycles. The Balaban J connectivity index is 2.68. The number of benzene rings is 1. The number of carboxylic acid groups (broad SMARTS) is 1. The van der Waals surface area contributed by atoms with Crippen molar-refractivity contribution in [1.82, 2.24) is 9.97 Å². The lowest BCUT2D eigenvalue weighted by Gasteiger charge is -2.05. The average molecular weight is 253 g/mol. The number of halogens is 2. The molecule has 1 N–H and O–H groups in total. The lowest BCUT2D eigenvalue weighted by atomic mass is 10.1. The van der Waals surface area contributed by atoms with Crippen molar-refractivity contribution in [2.75, 3.05) is 0 Å². The maximum Gasteiger partial charge on any atom is 0.339 e. The topological polar surface area (TPSA) is 63.1 Å². The van der Waals surface area contributed by atoms with E-state index in [-0.39, 0.29) is 16.8 Å². The molecule has 86 valence electrons. The van der Waals surface area contributed by atoms with Crippen molar-refractivity contribution >= 4 is 17.6 Å². The van der Waals surface area contributed by atoms with Gasteiger partial charge >= 0.3 is 5.97 Å². The van der Waals surface area contributed by atoms with Gasteiger partial charge in [0.25, 0.3) is 0 Å². The molecule has 0 saturated carbocycles. The quantitative estimate of drug-likeness (QED) is 0.892. The first-order chi connectivity index (χ1) is 8.09. The van der Waals surface area contributed by atoms with Gasteiger partial charge in [-0.3, -0.25) is 0 Å². The van der Waals surface area contributed by atoms with E-state index in [1.54, 1.807) is 0 Å². The molecule has 2 aromatic rings. The Morgan fingerprint density at radius 2 is 2.18 bits per heavy atom. The van der Waals surface area contributed by atoms with E-state index in [1.807, 2.05) is 0 Å². The Bertz CT molecular complexity index is 589. The van der Waals surface area contributed by atoms with Crippen molar-refractivity contribution in [2.45, 2.75) is 0 Å². The Morgan fingerprint density at radius 3 is 2.88 bits per heavy atom. The number of carbonyl (C=O) groups is 1. The second-order valence-electron chi connectivity index (χ2n) is 3.21. The van der Waals surface area contributed by atoms with Crippen LogP contribution >= 0.6 is 11.6 Å². The molecule has 0 atom stereocenters. The molecule has 0 unspecified atom stereocenters. The normalized spacial score (nSPS) is 10.2. The van der Waals surface area contributed by atoms with Crippen LogP contribution in [-0.2, 0) is 0 Å². The first kappa shape index (κ1) is 11.5. The molecule has 1 aromatic carbocycles. The zero-order valence-corrected chi connectivity index (χ0v) is 9.15. The number of carboxylic acids is 1. The fourth-order valence-electron chi connectivity index (χ4n) is 1.38. The van der Waals surface area contributed by atoms with Crippen molar-refractivity contribution in [3.8, 4) is 11.3 Å². The molecule has 0 aliphatic heterocycles. The highest BCUT2D eigenvalue weighted by Gasteiger charge is 2.16. The third-order valence-electron chi connectivity index (χ3n) is 2.13. The molecular formula is C11H6ClFN2O2. The Kier molecular flexibility index (Phi) is 3.01. The van der Waals surface area contributed by atoms with Crippen LogP contribution in [0.5, 0.6) is 0 Å². The van der Waals surface area contributed by atoms with Gasteiger partial charge in [0.2, 0.25) is 0 Å². The van der Waals surface area contributed by atoms with Gasteiger partial charge in [0.15, 0.2) is 0 Å².